The fourth-order valence-corrected chi connectivity index (χ4v) is 4.73. The molecule has 0 atom stereocenters. The maximum atomic E-state index is 13.8. The molecule has 0 spiro atoms. The van der Waals surface area contributed by atoms with Crippen LogP contribution in [0.1, 0.15) is 49.0 Å². The zero-order valence-electron chi connectivity index (χ0n) is 16.7. The van der Waals surface area contributed by atoms with Gasteiger partial charge in [-0.25, -0.2) is 13.6 Å². The summed E-state index contributed by atoms with van der Waals surface area (Å²) in [6.07, 6.45) is 2.53. The Hall–Kier alpha value is -3.27. The molecule has 0 bridgehead atoms. The van der Waals surface area contributed by atoms with Crippen LogP contribution in [0.2, 0.25) is 0 Å². The largest absolute Gasteiger partial charge is 0.486 e. The standard InChI is InChI=1S/C21H18F2N2O5S/c1-10-13(9-29-15-7-6-11(22)8-14(15)23)18(25-30-10)19(26)24-20-17(21(27)28-2)12-4-3-5-16(12)31-20/h6-8H,3-5,9H2,1-2H3,(H,24,26). The number of anilines is 1. The minimum atomic E-state index is -0.865. The van der Waals surface area contributed by atoms with Gasteiger partial charge in [-0.15, -0.1) is 11.3 Å². The van der Waals surface area contributed by atoms with Crippen LogP contribution >= 0.6 is 11.3 Å². The Balaban J connectivity index is 1.56. The average molecular weight is 448 g/mol. The summed E-state index contributed by atoms with van der Waals surface area (Å²) in [4.78, 5) is 26.2. The normalized spacial score (nSPS) is 12.5. The Bertz CT molecular complexity index is 1170. The summed E-state index contributed by atoms with van der Waals surface area (Å²) in [7, 11) is 1.29. The van der Waals surface area contributed by atoms with Crippen molar-refractivity contribution >= 4 is 28.2 Å². The maximum Gasteiger partial charge on any atom is 0.341 e. The zero-order valence-corrected chi connectivity index (χ0v) is 17.5. The van der Waals surface area contributed by atoms with Crippen molar-refractivity contribution in [3.63, 3.8) is 0 Å². The van der Waals surface area contributed by atoms with Crippen LogP contribution in [0.3, 0.4) is 0 Å². The van der Waals surface area contributed by atoms with Crippen LogP contribution in [0.5, 0.6) is 5.75 Å². The Kier molecular flexibility index (Phi) is 5.73. The predicted molar refractivity (Wildman–Crippen MR) is 108 cm³/mol. The van der Waals surface area contributed by atoms with E-state index in [0.29, 0.717) is 28.0 Å². The molecule has 2 heterocycles. The molecule has 4 rings (SSSR count). The van der Waals surface area contributed by atoms with Gasteiger partial charge in [0.05, 0.1) is 18.2 Å². The summed E-state index contributed by atoms with van der Waals surface area (Å²) >= 11 is 1.33. The molecule has 1 N–H and O–H groups in total. The second kappa shape index (κ2) is 8.46. The monoisotopic (exact) mass is 448 g/mol. The van der Waals surface area contributed by atoms with E-state index in [0.717, 1.165) is 41.8 Å². The van der Waals surface area contributed by atoms with Crippen LogP contribution in [0.15, 0.2) is 22.7 Å². The molecule has 0 saturated carbocycles. The number of methoxy groups -OCH3 is 1. The highest BCUT2D eigenvalue weighted by atomic mass is 32.1. The Morgan fingerprint density at radius 1 is 1.29 bits per heavy atom. The first-order valence-electron chi connectivity index (χ1n) is 9.46. The molecule has 162 valence electrons. The third-order valence-corrected chi connectivity index (χ3v) is 6.21. The predicted octanol–water partition coefficient (Wildman–Crippen LogP) is 4.43. The number of carbonyl (C=O) groups is 2. The molecule has 2 aromatic heterocycles. The number of fused-ring (bicyclic) bond motifs is 1. The summed E-state index contributed by atoms with van der Waals surface area (Å²) in [6.45, 7) is 1.37. The van der Waals surface area contributed by atoms with E-state index in [1.165, 1.54) is 18.4 Å². The summed E-state index contributed by atoms with van der Waals surface area (Å²) < 4.78 is 42.3. The number of benzene rings is 1. The lowest BCUT2D eigenvalue weighted by molar-refractivity contribution is 0.0601. The van der Waals surface area contributed by atoms with Crippen LogP contribution < -0.4 is 10.1 Å². The van der Waals surface area contributed by atoms with Gasteiger partial charge in [-0.3, -0.25) is 4.79 Å². The van der Waals surface area contributed by atoms with Crippen molar-refractivity contribution in [2.45, 2.75) is 32.8 Å². The molecule has 7 nitrogen and oxygen atoms in total. The molecule has 10 heteroatoms. The Labute approximate surface area is 179 Å². The van der Waals surface area contributed by atoms with E-state index < -0.39 is 23.5 Å². The van der Waals surface area contributed by atoms with Crippen molar-refractivity contribution in [2.24, 2.45) is 0 Å². The molecule has 0 fully saturated rings. The molecular formula is C21H18F2N2O5S. The number of hydrogen-bond donors (Lipinski definition) is 1. The van der Waals surface area contributed by atoms with E-state index in [2.05, 4.69) is 10.5 Å². The summed E-state index contributed by atoms with van der Waals surface area (Å²) in [6, 6.07) is 2.92. The number of rotatable bonds is 6. The lowest BCUT2D eigenvalue weighted by Crippen LogP contribution is -2.17. The fourth-order valence-electron chi connectivity index (χ4n) is 3.45. The van der Waals surface area contributed by atoms with E-state index in [1.54, 1.807) is 6.92 Å². The molecule has 0 unspecified atom stereocenters. The van der Waals surface area contributed by atoms with Crippen LogP contribution in [-0.2, 0) is 24.2 Å². The number of aryl methyl sites for hydroxylation is 2. The molecule has 1 amide bonds. The minimum absolute atomic E-state index is 0.0515. The van der Waals surface area contributed by atoms with Gasteiger partial charge in [-0.2, -0.15) is 0 Å². The number of halogens is 2. The van der Waals surface area contributed by atoms with Crippen molar-refractivity contribution in [3.05, 3.63) is 62.9 Å². The smallest absolute Gasteiger partial charge is 0.341 e. The maximum absolute atomic E-state index is 13.8. The highest BCUT2D eigenvalue weighted by Crippen LogP contribution is 2.39. The molecular weight excluding hydrogens is 430 g/mol. The van der Waals surface area contributed by atoms with Crippen molar-refractivity contribution in [1.29, 1.82) is 0 Å². The van der Waals surface area contributed by atoms with Gasteiger partial charge < -0.3 is 19.3 Å². The molecule has 0 aliphatic heterocycles. The first-order chi connectivity index (χ1) is 14.9. The highest BCUT2D eigenvalue weighted by molar-refractivity contribution is 7.17. The number of esters is 1. The van der Waals surface area contributed by atoms with Crippen LogP contribution in [0.25, 0.3) is 0 Å². The summed E-state index contributed by atoms with van der Waals surface area (Å²) in [5.74, 6) is -2.56. The van der Waals surface area contributed by atoms with E-state index in [1.807, 2.05) is 0 Å². The quantitative estimate of drug-likeness (QED) is 0.561. The van der Waals surface area contributed by atoms with Crippen molar-refractivity contribution in [2.75, 3.05) is 12.4 Å². The number of nitrogens with one attached hydrogen (secondary N) is 1. The number of nitrogens with zero attached hydrogens (tertiary/aromatic N) is 1. The van der Waals surface area contributed by atoms with Crippen LogP contribution in [-0.4, -0.2) is 24.1 Å². The van der Waals surface area contributed by atoms with Crippen LogP contribution in [0, 0.1) is 18.6 Å². The molecule has 1 aromatic carbocycles. The number of amides is 1. The van der Waals surface area contributed by atoms with Crippen LogP contribution in [0.4, 0.5) is 13.8 Å². The fraction of sp³-hybridized carbons (Fsp3) is 0.286. The molecule has 0 saturated heterocycles. The lowest BCUT2D eigenvalue weighted by Gasteiger charge is -2.09. The van der Waals surface area contributed by atoms with Gasteiger partial charge in [0, 0.05) is 10.9 Å². The minimum Gasteiger partial charge on any atom is -0.486 e. The van der Waals surface area contributed by atoms with E-state index in [4.69, 9.17) is 14.0 Å². The summed E-state index contributed by atoms with van der Waals surface area (Å²) in [5, 5.41) is 6.89. The van der Waals surface area contributed by atoms with E-state index >= 15 is 0 Å². The van der Waals surface area contributed by atoms with Gasteiger partial charge in [0.25, 0.3) is 5.91 Å². The first kappa shape index (κ1) is 21.0. The molecule has 1 aliphatic rings. The van der Waals surface area contributed by atoms with E-state index in [-0.39, 0.29) is 18.1 Å². The number of hydrogen-bond acceptors (Lipinski definition) is 7. The molecule has 0 radical (unpaired) electrons. The van der Waals surface area contributed by atoms with E-state index in [9.17, 15) is 18.4 Å². The molecule has 1 aliphatic carbocycles. The van der Waals surface area contributed by atoms with Gasteiger partial charge in [0.15, 0.2) is 17.3 Å². The third kappa shape index (κ3) is 4.02. The van der Waals surface area contributed by atoms with Gasteiger partial charge in [-0.1, -0.05) is 5.16 Å². The number of carbonyl (C=O) groups excluding carboxylic acids is 2. The van der Waals surface area contributed by atoms with Gasteiger partial charge in [-0.05, 0) is 43.9 Å². The van der Waals surface area contributed by atoms with Gasteiger partial charge in [0.1, 0.15) is 23.2 Å². The third-order valence-electron chi connectivity index (χ3n) is 5.00. The molecule has 31 heavy (non-hydrogen) atoms. The first-order valence-corrected chi connectivity index (χ1v) is 10.3. The van der Waals surface area contributed by atoms with Gasteiger partial charge in [0.2, 0.25) is 0 Å². The number of thiophene rings is 1. The topological polar surface area (TPSA) is 90.7 Å². The van der Waals surface area contributed by atoms with Crippen molar-refractivity contribution < 1.29 is 32.4 Å². The lowest BCUT2D eigenvalue weighted by atomic mass is 10.1. The zero-order chi connectivity index (χ0) is 22.1. The second-order valence-corrected chi connectivity index (χ2v) is 8.04. The Morgan fingerprint density at radius 3 is 2.84 bits per heavy atom. The highest BCUT2D eigenvalue weighted by Gasteiger charge is 2.29. The van der Waals surface area contributed by atoms with Gasteiger partial charge >= 0.3 is 5.97 Å². The number of ether oxygens (including phenoxy) is 2. The number of aromatic nitrogens is 1. The van der Waals surface area contributed by atoms with Crippen molar-refractivity contribution in [1.82, 2.24) is 5.16 Å². The summed E-state index contributed by atoms with van der Waals surface area (Å²) in [5.41, 5.74) is 1.52. The Morgan fingerprint density at radius 2 is 2.10 bits per heavy atom. The molecule has 3 aromatic rings. The SMILES string of the molecule is COC(=O)c1c(NC(=O)c2noc(C)c2COc2ccc(F)cc2F)sc2c1CCC2. The average Bonchev–Trinajstić information content (AvgIpc) is 3.41. The van der Waals surface area contributed by atoms with Crippen molar-refractivity contribution in [3.8, 4) is 5.75 Å². The second-order valence-electron chi connectivity index (χ2n) is 6.94.